The number of alkyl halides is 3. The number of hydrogen-bond acceptors (Lipinski definition) is 4. The van der Waals surface area contributed by atoms with Crippen molar-refractivity contribution >= 4 is 23.2 Å². The molecule has 0 aliphatic rings. The lowest BCUT2D eigenvalue weighted by molar-refractivity contribution is -0.137. The molecule has 1 aromatic carbocycles. The zero-order valence-electron chi connectivity index (χ0n) is 12.6. The van der Waals surface area contributed by atoms with E-state index in [0.29, 0.717) is 5.01 Å². The molecule has 0 atom stereocenters. The monoisotopic (exact) mass is 357 g/mol. The van der Waals surface area contributed by atoms with Gasteiger partial charge in [-0.15, -0.1) is 11.3 Å². The minimum absolute atomic E-state index is 0.110. The number of aryl methyl sites for hydroxylation is 1. The normalized spacial score (nSPS) is 11.2. The van der Waals surface area contributed by atoms with E-state index in [4.69, 9.17) is 0 Å². The molecule has 0 radical (unpaired) electrons. The Balaban J connectivity index is 1.89. The van der Waals surface area contributed by atoms with Crippen LogP contribution in [0.15, 0.2) is 29.6 Å². The summed E-state index contributed by atoms with van der Waals surface area (Å²) >= 11 is 1.26. The smallest absolute Gasteiger partial charge is 0.345 e. The first-order valence-corrected chi connectivity index (χ1v) is 7.77. The van der Waals surface area contributed by atoms with Crippen molar-refractivity contribution in [1.29, 1.82) is 0 Å². The Labute approximate surface area is 139 Å². The summed E-state index contributed by atoms with van der Waals surface area (Å²) in [6.07, 6.45) is -4.49. The van der Waals surface area contributed by atoms with Crippen molar-refractivity contribution in [2.75, 3.05) is 13.1 Å². The average molecular weight is 357 g/mol. The standard InChI is InChI=1S/C15H14F3N3O2S/c1-9-2-4-10(5-3-9)14-21-11(7-24-14)13(23)19-6-12(22)20-8-15(16,17)18/h2-5,7H,6,8H2,1H3,(H,19,23)(H,20,22). The van der Waals surface area contributed by atoms with Crippen molar-refractivity contribution < 1.29 is 22.8 Å². The zero-order chi connectivity index (χ0) is 17.7. The second-order valence-electron chi connectivity index (χ2n) is 4.98. The van der Waals surface area contributed by atoms with Crippen molar-refractivity contribution in [3.8, 4) is 10.6 Å². The van der Waals surface area contributed by atoms with E-state index in [1.807, 2.05) is 31.2 Å². The minimum Gasteiger partial charge on any atom is -0.345 e. The zero-order valence-corrected chi connectivity index (χ0v) is 13.4. The Morgan fingerprint density at radius 3 is 2.46 bits per heavy atom. The van der Waals surface area contributed by atoms with Crippen LogP contribution in [0.1, 0.15) is 16.1 Å². The highest BCUT2D eigenvalue weighted by Crippen LogP contribution is 2.23. The molecular weight excluding hydrogens is 343 g/mol. The van der Waals surface area contributed by atoms with Crippen LogP contribution in [0.5, 0.6) is 0 Å². The highest BCUT2D eigenvalue weighted by atomic mass is 32.1. The van der Waals surface area contributed by atoms with Gasteiger partial charge in [-0.2, -0.15) is 13.2 Å². The van der Waals surface area contributed by atoms with E-state index in [1.54, 1.807) is 5.32 Å². The number of benzene rings is 1. The number of thiazole rings is 1. The third-order valence-electron chi connectivity index (χ3n) is 2.93. The number of halogens is 3. The second-order valence-corrected chi connectivity index (χ2v) is 5.84. The van der Waals surface area contributed by atoms with Crippen LogP contribution in [-0.4, -0.2) is 36.1 Å². The molecule has 2 amide bonds. The molecule has 0 saturated heterocycles. The van der Waals surface area contributed by atoms with Gasteiger partial charge in [0.1, 0.15) is 17.2 Å². The predicted molar refractivity (Wildman–Crippen MR) is 83.7 cm³/mol. The van der Waals surface area contributed by atoms with Crippen molar-refractivity contribution in [3.63, 3.8) is 0 Å². The molecule has 0 aliphatic heterocycles. The van der Waals surface area contributed by atoms with E-state index in [0.717, 1.165) is 11.1 Å². The highest BCUT2D eigenvalue weighted by molar-refractivity contribution is 7.13. The number of carbonyl (C=O) groups excluding carboxylic acids is 2. The summed E-state index contributed by atoms with van der Waals surface area (Å²) in [5.41, 5.74) is 2.06. The van der Waals surface area contributed by atoms with Crippen LogP contribution in [0.4, 0.5) is 13.2 Å². The molecule has 2 rings (SSSR count). The van der Waals surface area contributed by atoms with Gasteiger partial charge in [0.15, 0.2) is 0 Å². The predicted octanol–water partition coefficient (Wildman–Crippen LogP) is 2.53. The Morgan fingerprint density at radius 2 is 1.83 bits per heavy atom. The molecule has 0 unspecified atom stereocenters. The molecular formula is C15H14F3N3O2S. The van der Waals surface area contributed by atoms with Gasteiger partial charge in [-0.3, -0.25) is 9.59 Å². The summed E-state index contributed by atoms with van der Waals surface area (Å²) in [6, 6.07) is 7.59. The number of rotatable bonds is 5. The summed E-state index contributed by atoms with van der Waals surface area (Å²) in [6.45, 7) is -0.0311. The first kappa shape index (κ1) is 17.9. The number of hydrogen-bond donors (Lipinski definition) is 2. The Morgan fingerprint density at radius 1 is 1.17 bits per heavy atom. The van der Waals surface area contributed by atoms with Crippen molar-refractivity contribution in [2.45, 2.75) is 13.1 Å². The van der Waals surface area contributed by atoms with Gasteiger partial charge in [-0.1, -0.05) is 29.8 Å². The van der Waals surface area contributed by atoms with Crippen LogP contribution < -0.4 is 10.6 Å². The molecule has 1 aromatic heterocycles. The first-order valence-electron chi connectivity index (χ1n) is 6.89. The molecule has 1 heterocycles. The first-order chi connectivity index (χ1) is 11.2. The lowest BCUT2D eigenvalue weighted by Gasteiger charge is -2.08. The third kappa shape index (κ3) is 5.34. The number of aromatic nitrogens is 1. The van der Waals surface area contributed by atoms with Crippen molar-refractivity contribution in [3.05, 3.63) is 40.9 Å². The van der Waals surface area contributed by atoms with Crippen LogP contribution in [0.25, 0.3) is 10.6 Å². The van der Waals surface area contributed by atoms with Gasteiger partial charge >= 0.3 is 6.18 Å². The Hall–Kier alpha value is -2.42. The summed E-state index contributed by atoms with van der Waals surface area (Å²) in [5, 5.41) is 6.07. The fourth-order valence-electron chi connectivity index (χ4n) is 1.72. The van der Waals surface area contributed by atoms with Gasteiger partial charge in [0, 0.05) is 10.9 Å². The topological polar surface area (TPSA) is 71.1 Å². The number of amides is 2. The average Bonchev–Trinajstić information content (AvgIpc) is 3.00. The van der Waals surface area contributed by atoms with Gasteiger partial charge in [0.25, 0.3) is 5.91 Å². The molecule has 0 saturated carbocycles. The quantitative estimate of drug-likeness (QED) is 0.864. The lowest BCUT2D eigenvalue weighted by Crippen LogP contribution is -2.40. The maximum Gasteiger partial charge on any atom is 0.405 e. The van der Waals surface area contributed by atoms with E-state index in [-0.39, 0.29) is 5.69 Å². The Kier molecular flexibility index (Phi) is 5.55. The number of nitrogens with one attached hydrogen (secondary N) is 2. The molecule has 0 fully saturated rings. The number of nitrogens with zero attached hydrogens (tertiary/aromatic N) is 1. The largest absolute Gasteiger partial charge is 0.405 e. The van der Waals surface area contributed by atoms with E-state index < -0.39 is 31.1 Å². The van der Waals surface area contributed by atoms with Gasteiger partial charge in [0.05, 0.1) is 6.54 Å². The van der Waals surface area contributed by atoms with Gasteiger partial charge in [0.2, 0.25) is 5.91 Å². The van der Waals surface area contributed by atoms with Crippen LogP contribution in [0.2, 0.25) is 0 Å². The molecule has 0 aliphatic carbocycles. The summed E-state index contributed by atoms with van der Waals surface area (Å²) in [4.78, 5) is 27.3. The molecule has 5 nitrogen and oxygen atoms in total. The molecule has 2 N–H and O–H groups in total. The molecule has 2 aromatic rings. The van der Waals surface area contributed by atoms with E-state index in [1.165, 1.54) is 16.7 Å². The van der Waals surface area contributed by atoms with Gasteiger partial charge in [-0.05, 0) is 6.92 Å². The van der Waals surface area contributed by atoms with Gasteiger partial charge in [-0.25, -0.2) is 4.98 Å². The summed E-state index contributed by atoms with van der Waals surface area (Å²) in [5.74, 6) is -1.54. The van der Waals surface area contributed by atoms with Crippen LogP contribution in [0.3, 0.4) is 0 Å². The van der Waals surface area contributed by atoms with E-state index in [2.05, 4.69) is 10.3 Å². The van der Waals surface area contributed by atoms with Gasteiger partial charge < -0.3 is 10.6 Å². The molecule has 9 heteroatoms. The van der Waals surface area contributed by atoms with E-state index >= 15 is 0 Å². The van der Waals surface area contributed by atoms with Crippen molar-refractivity contribution in [2.24, 2.45) is 0 Å². The lowest BCUT2D eigenvalue weighted by atomic mass is 10.2. The fourth-order valence-corrected chi connectivity index (χ4v) is 2.53. The van der Waals surface area contributed by atoms with Crippen molar-refractivity contribution in [1.82, 2.24) is 15.6 Å². The SMILES string of the molecule is Cc1ccc(-c2nc(C(=O)NCC(=O)NCC(F)(F)F)cs2)cc1. The fraction of sp³-hybridized carbons (Fsp3) is 0.267. The van der Waals surface area contributed by atoms with Crippen LogP contribution in [0, 0.1) is 6.92 Å². The van der Waals surface area contributed by atoms with E-state index in [9.17, 15) is 22.8 Å². The minimum atomic E-state index is -4.49. The Bertz CT molecular complexity index is 726. The molecule has 0 bridgehead atoms. The second kappa shape index (κ2) is 7.43. The van der Waals surface area contributed by atoms with Crippen LogP contribution >= 0.6 is 11.3 Å². The molecule has 0 spiro atoms. The maximum atomic E-state index is 12.0. The summed E-state index contributed by atoms with van der Waals surface area (Å²) in [7, 11) is 0. The van der Waals surface area contributed by atoms with Crippen LogP contribution in [-0.2, 0) is 4.79 Å². The maximum absolute atomic E-state index is 12.0. The number of carbonyl (C=O) groups is 2. The molecule has 128 valence electrons. The molecule has 24 heavy (non-hydrogen) atoms. The highest BCUT2D eigenvalue weighted by Gasteiger charge is 2.27. The summed E-state index contributed by atoms with van der Waals surface area (Å²) < 4.78 is 35.9. The third-order valence-corrected chi connectivity index (χ3v) is 3.82.